The van der Waals surface area contributed by atoms with Crippen molar-refractivity contribution in [3.05, 3.63) is 47.2 Å². The van der Waals surface area contributed by atoms with E-state index in [9.17, 15) is 4.79 Å². The van der Waals surface area contributed by atoms with Crippen LogP contribution in [0.2, 0.25) is 0 Å². The number of para-hydroxylation sites is 2. The Morgan fingerprint density at radius 3 is 2.62 bits per heavy atom. The molecule has 0 saturated heterocycles. The summed E-state index contributed by atoms with van der Waals surface area (Å²) < 4.78 is 11.0. The summed E-state index contributed by atoms with van der Waals surface area (Å²) in [5, 5.41) is 7.23. The minimum Gasteiger partial charge on any atom is -0.490 e. The molecule has 0 saturated carbocycles. The molecule has 3 aromatic rings. The third-order valence-electron chi connectivity index (χ3n) is 3.03. The minimum atomic E-state index is -0.256. The Bertz CT molecular complexity index is 800. The van der Waals surface area contributed by atoms with Crippen LogP contribution in [-0.2, 0) is 4.79 Å². The van der Waals surface area contributed by atoms with E-state index < -0.39 is 0 Å². The molecule has 1 amide bonds. The number of benzene rings is 1. The number of carbonyl (C=O) groups is 1. The third-order valence-corrected chi connectivity index (χ3v) is 4.68. The molecule has 1 N–H and O–H groups in total. The highest BCUT2D eigenvalue weighted by Gasteiger charge is 2.11. The Kier molecular flexibility index (Phi) is 5.45. The van der Waals surface area contributed by atoms with Gasteiger partial charge in [0, 0.05) is 5.38 Å². The number of hydrogen-bond acceptors (Lipinski definition) is 6. The zero-order valence-electron chi connectivity index (χ0n) is 13.0. The second-order valence-electron chi connectivity index (χ2n) is 4.73. The van der Waals surface area contributed by atoms with Crippen LogP contribution in [0, 0.1) is 0 Å². The van der Waals surface area contributed by atoms with Crippen LogP contribution in [0.5, 0.6) is 11.5 Å². The maximum Gasteiger partial charge on any atom is 0.264 e. The first-order chi connectivity index (χ1) is 11.8. The summed E-state index contributed by atoms with van der Waals surface area (Å²) >= 11 is 3.01. The number of carbonyl (C=O) groups excluding carboxylic acids is 1. The number of thiophene rings is 1. The van der Waals surface area contributed by atoms with Crippen molar-refractivity contribution in [2.24, 2.45) is 0 Å². The maximum absolute atomic E-state index is 12.0. The number of amides is 1. The van der Waals surface area contributed by atoms with E-state index in [1.54, 1.807) is 17.4 Å². The van der Waals surface area contributed by atoms with E-state index in [1.165, 1.54) is 11.3 Å². The van der Waals surface area contributed by atoms with Gasteiger partial charge < -0.3 is 9.47 Å². The minimum absolute atomic E-state index is 0.0992. The van der Waals surface area contributed by atoms with Crippen LogP contribution in [0.25, 0.3) is 10.6 Å². The number of nitrogens with zero attached hydrogens (tertiary/aromatic N) is 1. The Morgan fingerprint density at radius 1 is 1.12 bits per heavy atom. The van der Waals surface area contributed by atoms with Crippen LogP contribution in [-0.4, -0.2) is 24.1 Å². The van der Waals surface area contributed by atoms with Gasteiger partial charge in [-0.05, 0) is 30.5 Å². The fraction of sp³-hybridized carbons (Fsp3) is 0.176. The summed E-state index contributed by atoms with van der Waals surface area (Å²) in [6, 6.07) is 11.3. The standard InChI is InChI=1S/C17H16N2O3S2/c1-2-21-13-6-3-4-7-14(13)22-10-16(20)19-17-18-12(11-24-17)15-8-5-9-23-15/h3-9,11H,2,10H2,1H3,(H,18,19,20). The fourth-order valence-corrected chi connectivity index (χ4v) is 3.50. The van der Waals surface area contributed by atoms with Gasteiger partial charge in [0.1, 0.15) is 0 Å². The Labute approximate surface area is 147 Å². The number of hydrogen-bond donors (Lipinski definition) is 1. The van der Waals surface area contributed by atoms with Crippen molar-refractivity contribution in [2.45, 2.75) is 6.92 Å². The zero-order chi connectivity index (χ0) is 16.8. The van der Waals surface area contributed by atoms with Crippen molar-refractivity contribution in [1.82, 2.24) is 4.98 Å². The molecular formula is C17H16N2O3S2. The van der Waals surface area contributed by atoms with E-state index in [2.05, 4.69) is 10.3 Å². The highest BCUT2D eigenvalue weighted by molar-refractivity contribution is 7.16. The molecule has 0 atom stereocenters. The van der Waals surface area contributed by atoms with Crippen LogP contribution >= 0.6 is 22.7 Å². The summed E-state index contributed by atoms with van der Waals surface area (Å²) in [6.45, 7) is 2.34. The molecule has 0 bridgehead atoms. The molecule has 0 aliphatic rings. The number of thiazole rings is 1. The Hall–Kier alpha value is -2.38. The van der Waals surface area contributed by atoms with E-state index >= 15 is 0 Å². The molecule has 2 heterocycles. The molecule has 0 fully saturated rings. The topological polar surface area (TPSA) is 60.5 Å². The molecule has 0 radical (unpaired) electrons. The third kappa shape index (κ3) is 4.12. The predicted octanol–water partition coefficient (Wildman–Crippen LogP) is 4.29. The SMILES string of the molecule is CCOc1ccccc1OCC(=O)Nc1nc(-c2cccs2)cs1. The number of nitrogens with one attached hydrogen (secondary N) is 1. The first kappa shape index (κ1) is 16.5. The van der Waals surface area contributed by atoms with Gasteiger partial charge in [0.05, 0.1) is 17.2 Å². The summed E-state index contributed by atoms with van der Waals surface area (Å²) in [7, 11) is 0. The highest BCUT2D eigenvalue weighted by Crippen LogP contribution is 2.28. The molecule has 7 heteroatoms. The molecule has 0 aliphatic heterocycles. The van der Waals surface area contributed by atoms with Crippen LogP contribution < -0.4 is 14.8 Å². The Balaban J connectivity index is 1.57. The number of ether oxygens (including phenoxy) is 2. The molecule has 24 heavy (non-hydrogen) atoms. The van der Waals surface area contributed by atoms with Crippen LogP contribution in [0.15, 0.2) is 47.2 Å². The van der Waals surface area contributed by atoms with Gasteiger partial charge in [0.15, 0.2) is 23.2 Å². The lowest BCUT2D eigenvalue weighted by Crippen LogP contribution is -2.20. The number of anilines is 1. The van der Waals surface area contributed by atoms with Crippen molar-refractivity contribution < 1.29 is 14.3 Å². The summed E-state index contributed by atoms with van der Waals surface area (Å²) in [5.41, 5.74) is 0.868. The lowest BCUT2D eigenvalue weighted by Gasteiger charge is -2.10. The smallest absolute Gasteiger partial charge is 0.264 e. The largest absolute Gasteiger partial charge is 0.490 e. The van der Waals surface area contributed by atoms with Gasteiger partial charge in [0.2, 0.25) is 0 Å². The van der Waals surface area contributed by atoms with E-state index in [4.69, 9.17) is 9.47 Å². The van der Waals surface area contributed by atoms with Gasteiger partial charge in [-0.25, -0.2) is 4.98 Å². The zero-order valence-corrected chi connectivity index (χ0v) is 14.7. The Morgan fingerprint density at radius 2 is 1.92 bits per heavy atom. The number of aromatic nitrogens is 1. The summed E-state index contributed by atoms with van der Waals surface area (Å²) in [5.74, 6) is 0.920. The molecule has 3 rings (SSSR count). The highest BCUT2D eigenvalue weighted by atomic mass is 32.1. The van der Waals surface area contributed by atoms with E-state index in [-0.39, 0.29) is 12.5 Å². The summed E-state index contributed by atoms with van der Waals surface area (Å²) in [4.78, 5) is 17.5. The van der Waals surface area contributed by atoms with Gasteiger partial charge >= 0.3 is 0 Å². The van der Waals surface area contributed by atoms with Crippen molar-refractivity contribution >= 4 is 33.7 Å². The van der Waals surface area contributed by atoms with Gasteiger partial charge in [-0.1, -0.05) is 18.2 Å². The average Bonchev–Trinajstić information content (AvgIpc) is 3.25. The quantitative estimate of drug-likeness (QED) is 0.683. The van der Waals surface area contributed by atoms with E-state index in [1.807, 2.05) is 48.0 Å². The molecular weight excluding hydrogens is 344 g/mol. The number of rotatable bonds is 7. The summed E-state index contributed by atoms with van der Waals surface area (Å²) in [6.07, 6.45) is 0. The average molecular weight is 360 g/mol. The molecule has 0 spiro atoms. The lowest BCUT2D eigenvalue weighted by molar-refractivity contribution is -0.118. The predicted molar refractivity (Wildman–Crippen MR) is 97.2 cm³/mol. The van der Waals surface area contributed by atoms with E-state index in [0.29, 0.717) is 23.2 Å². The normalized spacial score (nSPS) is 10.4. The maximum atomic E-state index is 12.0. The van der Waals surface area contributed by atoms with Crippen molar-refractivity contribution in [2.75, 3.05) is 18.5 Å². The molecule has 1 aromatic carbocycles. The van der Waals surface area contributed by atoms with Crippen LogP contribution in [0.4, 0.5) is 5.13 Å². The first-order valence-electron chi connectivity index (χ1n) is 7.40. The second-order valence-corrected chi connectivity index (χ2v) is 6.54. The lowest BCUT2D eigenvalue weighted by atomic mass is 10.3. The molecule has 124 valence electrons. The van der Waals surface area contributed by atoms with Crippen molar-refractivity contribution in [3.63, 3.8) is 0 Å². The monoisotopic (exact) mass is 360 g/mol. The van der Waals surface area contributed by atoms with Crippen LogP contribution in [0.3, 0.4) is 0 Å². The van der Waals surface area contributed by atoms with Gasteiger partial charge in [-0.15, -0.1) is 22.7 Å². The van der Waals surface area contributed by atoms with Crippen molar-refractivity contribution in [1.29, 1.82) is 0 Å². The molecule has 2 aromatic heterocycles. The van der Waals surface area contributed by atoms with Crippen LogP contribution in [0.1, 0.15) is 6.92 Å². The van der Waals surface area contributed by atoms with Gasteiger partial charge in [0.25, 0.3) is 5.91 Å². The van der Waals surface area contributed by atoms with Gasteiger partial charge in [-0.3, -0.25) is 10.1 Å². The van der Waals surface area contributed by atoms with E-state index in [0.717, 1.165) is 10.6 Å². The van der Waals surface area contributed by atoms with Crippen molar-refractivity contribution in [3.8, 4) is 22.1 Å². The first-order valence-corrected chi connectivity index (χ1v) is 9.16. The molecule has 5 nitrogen and oxygen atoms in total. The van der Waals surface area contributed by atoms with Gasteiger partial charge in [-0.2, -0.15) is 0 Å². The fourth-order valence-electron chi connectivity index (χ4n) is 2.01. The molecule has 0 aliphatic carbocycles. The second kappa shape index (κ2) is 7.94. The molecule has 0 unspecified atom stereocenters.